The Balaban J connectivity index is 1.90. The molecule has 1 aromatic rings. The molecule has 0 bridgehead atoms. The van der Waals surface area contributed by atoms with Crippen molar-refractivity contribution in [3.8, 4) is 0 Å². The van der Waals surface area contributed by atoms with Gasteiger partial charge in [-0.15, -0.1) is 0 Å². The molecule has 1 aromatic carbocycles. The zero-order valence-corrected chi connectivity index (χ0v) is 15.8. The molecule has 2 heteroatoms. The number of hydrogen-bond donors (Lipinski definition) is 2. The number of unbranched alkanes of at least 4 members (excludes halogenated alkanes) is 5. The number of benzene rings is 1. The number of rotatable bonds is 9. The number of nitrogens with two attached hydrogens (primary N) is 1. The van der Waals surface area contributed by atoms with Gasteiger partial charge in [0, 0.05) is 5.54 Å². The Hall–Kier alpha value is -0.860. The Morgan fingerprint density at radius 3 is 2.62 bits per heavy atom. The summed E-state index contributed by atoms with van der Waals surface area (Å²) in [4.78, 5) is 0. The predicted octanol–water partition coefficient (Wildman–Crippen LogP) is 4.79. The summed E-state index contributed by atoms with van der Waals surface area (Å²) in [7, 11) is 0. The zero-order chi connectivity index (χ0) is 17.4. The predicted molar refractivity (Wildman–Crippen MR) is 103 cm³/mol. The average molecular weight is 332 g/mol. The molecule has 2 atom stereocenters. The van der Waals surface area contributed by atoms with Gasteiger partial charge in [0.05, 0.1) is 6.61 Å². The molecule has 2 nitrogen and oxygen atoms in total. The van der Waals surface area contributed by atoms with Crippen molar-refractivity contribution >= 4 is 0 Å². The first-order chi connectivity index (χ1) is 11.6. The SMILES string of the molecule is CCCCCCCCc1ccc2c(c1)CCCC(C(C)(N)CO)C2. The highest BCUT2D eigenvalue weighted by Crippen LogP contribution is 2.31. The van der Waals surface area contributed by atoms with Gasteiger partial charge in [0.2, 0.25) is 0 Å². The van der Waals surface area contributed by atoms with E-state index in [9.17, 15) is 5.11 Å². The number of hydrogen-bond acceptors (Lipinski definition) is 2. The van der Waals surface area contributed by atoms with E-state index >= 15 is 0 Å². The lowest BCUT2D eigenvalue weighted by molar-refractivity contribution is 0.148. The summed E-state index contributed by atoms with van der Waals surface area (Å²) in [6, 6.07) is 7.09. The number of aliphatic hydroxyl groups excluding tert-OH is 1. The molecule has 2 unspecified atom stereocenters. The number of fused-ring (bicyclic) bond motifs is 1. The molecule has 0 aromatic heterocycles. The molecule has 0 aliphatic heterocycles. The fourth-order valence-electron chi connectivity index (χ4n) is 3.97. The second-order valence-electron chi connectivity index (χ2n) is 8.08. The van der Waals surface area contributed by atoms with E-state index in [2.05, 4.69) is 25.1 Å². The van der Waals surface area contributed by atoms with Gasteiger partial charge in [-0.3, -0.25) is 0 Å². The monoisotopic (exact) mass is 331 g/mol. The van der Waals surface area contributed by atoms with Crippen molar-refractivity contribution < 1.29 is 5.11 Å². The zero-order valence-electron chi connectivity index (χ0n) is 15.8. The Morgan fingerprint density at radius 2 is 1.88 bits per heavy atom. The standard InChI is InChI=1S/C22H37NO/c1-3-4-5-6-7-8-10-18-13-14-20-16-21(22(2,23)17-24)12-9-11-19(20)15-18/h13-15,21,24H,3-12,16-17,23H2,1-2H3. The largest absolute Gasteiger partial charge is 0.394 e. The van der Waals surface area contributed by atoms with Gasteiger partial charge in [-0.2, -0.15) is 0 Å². The van der Waals surface area contributed by atoms with Crippen LogP contribution in [0.4, 0.5) is 0 Å². The second-order valence-corrected chi connectivity index (χ2v) is 8.08. The van der Waals surface area contributed by atoms with Crippen molar-refractivity contribution in [3.05, 3.63) is 34.9 Å². The van der Waals surface area contributed by atoms with Crippen LogP contribution < -0.4 is 5.73 Å². The molecule has 0 saturated carbocycles. The van der Waals surface area contributed by atoms with Crippen molar-refractivity contribution in [3.63, 3.8) is 0 Å². The van der Waals surface area contributed by atoms with E-state index in [1.165, 1.54) is 68.1 Å². The minimum Gasteiger partial charge on any atom is -0.394 e. The van der Waals surface area contributed by atoms with Crippen LogP contribution >= 0.6 is 0 Å². The van der Waals surface area contributed by atoms with E-state index in [1.54, 1.807) is 0 Å². The highest BCUT2D eigenvalue weighted by molar-refractivity contribution is 5.34. The van der Waals surface area contributed by atoms with Crippen LogP contribution in [0.5, 0.6) is 0 Å². The van der Waals surface area contributed by atoms with E-state index < -0.39 is 5.54 Å². The summed E-state index contributed by atoms with van der Waals surface area (Å²) in [5, 5.41) is 9.58. The Labute approximate surface area is 148 Å². The molecule has 3 N–H and O–H groups in total. The first kappa shape index (κ1) is 19.5. The van der Waals surface area contributed by atoms with Crippen LogP contribution in [0.15, 0.2) is 18.2 Å². The minimum atomic E-state index is -0.460. The lowest BCUT2D eigenvalue weighted by atomic mass is 9.80. The fraction of sp³-hybridized carbons (Fsp3) is 0.727. The summed E-state index contributed by atoms with van der Waals surface area (Å²) >= 11 is 0. The highest BCUT2D eigenvalue weighted by atomic mass is 16.3. The maximum absolute atomic E-state index is 9.58. The van der Waals surface area contributed by atoms with Crippen molar-refractivity contribution in [2.75, 3.05) is 6.61 Å². The van der Waals surface area contributed by atoms with E-state index in [0.29, 0.717) is 5.92 Å². The van der Waals surface area contributed by atoms with Crippen LogP contribution in [0.1, 0.15) is 81.9 Å². The molecule has 0 spiro atoms. The van der Waals surface area contributed by atoms with Crippen LogP contribution in [0.3, 0.4) is 0 Å². The number of aliphatic hydroxyl groups is 1. The van der Waals surface area contributed by atoms with Crippen molar-refractivity contribution in [1.82, 2.24) is 0 Å². The van der Waals surface area contributed by atoms with E-state index in [1.807, 2.05) is 6.92 Å². The van der Waals surface area contributed by atoms with Gasteiger partial charge in [0.1, 0.15) is 0 Å². The first-order valence-corrected chi connectivity index (χ1v) is 10.1. The highest BCUT2D eigenvalue weighted by Gasteiger charge is 2.31. The van der Waals surface area contributed by atoms with Crippen LogP contribution in [0.25, 0.3) is 0 Å². The van der Waals surface area contributed by atoms with Crippen LogP contribution in [-0.4, -0.2) is 17.3 Å². The number of aryl methyl sites for hydroxylation is 2. The maximum Gasteiger partial charge on any atom is 0.0611 e. The lowest BCUT2D eigenvalue weighted by Crippen LogP contribution is -2.48. The molecular formula is C22H37NO. The van der Waals surface area contributed by atoms with Gasteiger partial charge in [-0.1, -0.05) is 57.2 Å². The molecule has 0 saturated heterocycles. The van der Waals surface area contributed by atoms with Crippen molar-refractivity contribution in [1.29, 1.82) is 0 Å². The van der Waals surface area contributed by atoms with Crippen molar-refractivity contribution in [2.24, 2.45) is 11.7 Å². The lowest BCUT2D eigenvalue weighted by Gasteiger charge is -2.32. The maximum atomic E-state index is 9.58. The smallest absolute Gasteiger partial charge is 0.0611 e. The molecule has 136 valence electrons. The Bertz CT molecular complexity index is 495. The normalized spacial score (nSPS) is 20.2. The van der Waals surface area contributed by atoms with Crippen LogP contribution in [0.2, 0.25) is 0 Å². The molecule has 0 heterocycles. The van der Waals surface area contributed by atoms with Gasteiger partial charge in [0.25, 0.3) is 0 Å². The quantitative estimate of drug-likeness (QED) is 0.504. The molecule has 0 amide bonds. The van der Waals surface area contributed by atoms with E-state index in [0.717, 1.165) is 19.3 Å². The average Bonchev–Trinajstić information content (AvgIpc) is 2.80. The van der Waals surface area contributed by atoms with Crippen molar-refractivity contribution in [2.45, 2.75) is 90.0 Å². The van der Waals surface area contributed by atoms with Gasteiger partial charge in [0.15, 0.2) is 0 Å². The first-order valence-electron chi connectivity index (χ1n) is 10.1. The summed E-state index contributed by atoms with van der Waals surface area (Å²) in [6.45, 7) is 4.34. The third-order valence-corrected chi connectivity index (χ3v) is 5.83. The van der Waals surface area contributed by atoms with Gasteiger partial charge >= 0.3 is 0 Å². The van der Waals surface area contributed by atoms with Gasteiger partial charge < -0.3 is 10.8 Å². The molecule has 0 fully saturated rings. The molecule has 1 aliphatic rings. The molecule has 24 heavy (non-hydrogen) atoms. The summed E-state index contributed by atoms with van der Waals surface area (Å²) < 4.78 is 0. The minimum absolute atomic E-state index is 0.0725. The van der Waals surface area contributed by atoms with E-state index in [4.69, 9.17) is 5.73 Å². The van der Waals surface area contributed by atoms with Gasteiger partial charge in [-0.05, 0) is 68.1 Å². The van der Waals surface area contributed by atoms with Crippen LogP contribution in [-0.2, 0) is 19.3 Å². The van der Waals surface area contributed by atoms with Gasteiger partial charge in [-0.25, -0.2) is 0 Å². The molecular weight excluding hydrogens is 294 g/mol. The Kier molecular flexibility index (Phi) is 7.77. The third-order valence-electron chi connectivity index (χ3n) is 5.83. The molecule has 1 aliphatic carbocycles. The second kappa shape index (κ2) is 9.58. The summed E-state index contributed by atoms with van der Waals surface area (Å²) in [6.07, 6.45) is 13.9. The molecule has 2 rings (SSSR count). The fourth-order valence-corrected chi connectivity index (χ4v) is 3.97. The van der Waals surface area contributed by atoms with E-state index in [-0.39, 0.29) is 6.61 Å². The van der Waals surface area contributed by atoms with Crippen LogP contribution in [0, 0.1) is 5.92 Å². The summed E-state index contributed by atoms with van der Waals surface area (Å²) in [5.41, 5.74) is 10.3. The Morgan fingerprint density at radius 1 is 1.12 bits per heavy atom. The topological polar surface area (TPSA) is 46.2 Å². The third kappa shape index (κ3) is 5.60. The summed E-state index contributed by atoms with van der Waals surface area (Å²) in [5.74, 6) is 0.383. The molecule has 0 radical (unpaired) electrons.